The van der Waals surface area contributed by atoms with Crippen LogP contribution in [-0.4, -0.2) is 44.1 Å². The van der Waals surface area contributed by atoms with Crippen LogP contribution in [0.2, 0.25) is 0 Å². The molecule has 0 fully saturated rings. The second-order valence-electron chi connectivity index (χ2n) is 14.3. The molecule has 0 aliphatic carbocycles. The smallest absolute Gasteiger partial charge is 0.509 e. The first-order valence-electron chi connectivity index (χ1n) is 19.4. The van der Waals surface area contributed by atoms with Crippen LogP contribution in [0.1, 0.15) is 12.2 Å². The van der Waals surface area contributed by atoms with E-state index in [4.69, 9.17) is 9.47 Å². The predicted octanol–water partition coefficient (Wildman–Crippen LogP) is 11.1. The van der Waals surface area contributed by atoms with Crippen LogP contribution in [0.15, 0.2) is 146 Å². The molecule has 6 heterocycles. The largest absolute Gasteiger partial charge is 2.00 e. The standard InChI is InChI=1S/C49H25F2N9O2.2Pt/c50-47(51)48-54-56-49(57-55-48)60-43-27-31(61-29-15-19-35-33-9-1-3-11-39(33)58(41(35)25-29)45-13-5-7-23-52-45)17-21-37(43)38-22-18-32(28-44(38)60)62-30-16-20-36-34-10-2-4-12-40(34)59(42(36)26-30)46-14-6-8-24-53-46;;/h1-24,47H;;/q-4;2*+2. The van der Waals surface area contributed by atoms with Crippen molar-refractivity contribution in [3.8, 4) is 40.6 Å². The van der Waals surface area contributed by atoms with E-state index in [-0.39, 0.29) is 48.1 Å². The Labute approximate surface area is 390 Å². The van der Waals surface area contributed by atoms with Crippen molar-refractivity contribution in [3.05, 3.63) is 176 Å². The molecule has 0 bridgehead atoms. The van der Waals surface area contributed by atoms with Gasteiger partial charge in [-0.15, -0.1) is 79.7 Å². The zero-order chi connectivity index (χ0) is 41.3. The summed E-state index contributed by atoms with van der Waals surface area (Å²) in [6.07, 6.45) is 0.559. The molecule has 0 aliphatic rings. The van der Waals surface area contributed by atoms with Crippen molar-refractivity contribution in [2.75, 3.05) is 0 Å². The first-order valence-corrected chi connectivity index (χ1v) is 19.4. The van der Waals surface area contributed by atoms with E-state index in [1.165, 1.54) is 0 Å². The maximum atomic E-state index is 13.6. The van der Waals surface area contributed by atoms with Crippen molar-refractivity contribution in [1.82, 2.24) is 44.1 Å². The third-order valence-electron chi connectivity index (χ3n) is 10.7. The summed E-state index contributed by atoms with van der Waals surface area (Å²) < 4.78 is 45.7. The number of hydrogen-bond donors (Lipinski definition) is 0. The number of pyridine rings is 2. The normalized spacial score (nSPS) is 11.5. The van der Waals surface area contributed by atoms with Gasteiger partial charge in [0.1, 0.15) is 11.6 Å². The minimum absolute atomic E-state index is 0. The third-order valence-corrected chi connectivity index (χ3v) is 10.7. The number of nitrogens with zero attached hydrogens (tertiary/aromatic N) is 9. The number of para-hydroxylation sites is 2. The summed E-state index contributed by atoms with van der Waals surface area (Å²) in [7, 11) is 0. The molecular weight excluding hydrogens is 1170 g/mol. The quantitative estimate of drug-likeness (QED) is 0.138. The fraction of sp³-hybridized carbons (Fsp3) is 0.0204. The molecule has 6 aromatic heterocycles. The molecule has 0 amide bonds. The second kappa shape index (κ2) is 16.5. The van der Waals surface area contributed by atoms with Gasteiger partial charge in [0.15, 0.2) is 0 Å². The van der Waals surface area contributed by atoms with Crippen LogP contribution in [0.5, 0.6) is 23.0 Å². The molecule has 0 atom stereocenters. The van der Waals surface area contributed by atoms with Crippen molar-refractivity contribution in [3.63, 3.8) is 0 Å². The number of alkyl halides is 2. The molecule has 0 radical (unpaired) electrons. The summed E-state index contributed by atoms with van der Waals surface area (Å²) in [5, 5.41) is 21.0. The van der Waals surface area contributed by atoms with E-state index in [0.29, 0.717) is 34.0 Å². The van der Waals surface area contributed by atoms with E-state index in [2.05, 4.69) is 66.8 Å². The SMILES string of the molecule is FC(F)c1nnc(-n2c3[c-]c(Oc4[c-]c5c(cc4)c4ccccc4n5-c4ccccn4)ccc3c3ccc(Oc4[c-]c5c(cc4)c4ccccc4n5-c4ccccn4)[c-]c32)nn1.[Pt+2].[Pt+2]. The number of aromatic nitrogens is 9. The van der Waals surface area contributed by atoms with Gasteiger partial charge >= 0.3 is 48.6 Å². The van der Waals surface area contributed by atoms with Gasteiger partial charge in [-0.25, -0.2) is 18.7 Å². The Bertz CT molecular complexity index is 3480. The van der Waals surface area contributed by atoms with Gasteiger partial charge in [-0.2, -0.15) is 35.0 Å². The number of fused-ring (bicyclic) bond motifs is 9. The molecular formula is C49H25F2N9O2Pt2. The Hall–Kier alpha value is -7.20. The van der Waals surface area contributed by atoms with Gasteiger partial charge in [0.25, 0.3) is 5.95 Å². The van der Waals surface area contributed by atoms with Crippen LogP contribution in [0, 0.1) is 24.3 Å². The van der Waals surface area contributed by atoms with Crippen molar-refractivity contribution in [1.29, 1.82) is 0 Å². The third kappa shape index (κ3) is 6.79. The van der Waals surface area contributed by atoms with Crippen molar-refractivity contribution in [2.24, 2.45) is 0 Å². The van der Waals surface area contributed by atoms with E-state index in [1.54, 1.807) is 29.1 Å². The average molecular weight is 1200 g/mol. The summed E-state index contributed by atoms with van der Waals surface area (Å²) in [4.78, 5) is 9.24. The van der Waals surface area contributed by atoms with E-state index in [9.17, 15) is 8.78 Å². The van der Waals surface area contributed by atoms with Crippen molar-refractivity contribution < 1.29 is 60.4 Å². The molecule has 11 nitrogen and oxygen atoms in total. The molecule has 6 aromatic carbocycles. The van der Waals surface area contributed by atoms with Gasteiger partial charge in [-0.3, -0.25) is 0 Å². The average Bonchev–Trinajstić information content (AvgIpc) is 3.94. The van der Waals surface area contributed by atoms with E-state index < -0.39 is 12.2 Å². The van der Waals surface area contributed by atoms with Crippen molar-refractivity contribution in [2.45, 2.75) is 6.43 Å². The molecule has 12 rings (SSSR count). The number of halogens is 2. The van der Waals surface area contributed by atoms with E-state index in [1.807, 2.05) is 118 Å². The Kier molecular flexibility index (Phi) is 10.5. The Morgan fingerprint density at radius 2 is 0.781 bits per heavy atom. The Balaban J connectivity index is 0.00000242. The van der Waals surface area contributed by atoms with Gasteiger partial charge in [-0.1, -0.05) is 70.6 Å². The maximum Gasteiger partial charge on any atom is 2.00 e. The zero-order valence-corrected chi connectivity index (χ0v) is 37.2. The van der Waals surface area contributed by atoms with Gasteiger partial charge in [0.05, 0.1) is 0 Å². The van der Waals surface area contributed by atoms with Gasteiger partial charge < -0.3 is 23.2 Å². The molecule has 12 aromatic rings. The van der Waals surface area contributed by atoms with Crippen LogP contribution in [-0.2, 0) is 42.1 Å². The van der Waals surface area contributed by atoms with Gasteiger partial charge in [-0.05, 0) is 47.2 Å². The second-order valence-corrected chi connectivity index (χ2v) is 14.3. The van der Waals surface area contributed by atoms with E-state index >= 15 is 0 Å². The number of rotatable bonds is 8. The summed E-state index contributed by atoms with van der Waals surface area (Å²) >= 11 is 0. The van der Waals surface area contributed by atoms with Gasteiger partial charge in [0.2, 0.25) is 5.82 Å². The molecule has 0 saturated heterocycles. The first-order chi connectivity index (χ1) is 30.6. The van der Waals surface area contributed by atoms with Crippen molar-refractivity contribution >= 4 is 65.4 Å². The first kappa shape index (κ1) is 40.8. The number of ether oxygens (including phenoxy) is 2. The predicted molar refractivity (Wildman–Crippen MR) is 230 cm³/mol. The van der Waals surface area contributed by atoms with Gasteiger partial charge in [0, 0.05) is 46.4 Å². The van der Waals surface area contributed by atoms with Crippen LogP contribution in [0.25, 0.3) is 83.0 Å². The van der Waals surface area contributed by atoms with E-state index in [0.717, 1.165) is 66.0 Å². The Morgan fingerprint density at radius 1 is 0.406 bits per heavy atom. The Morgan fingerprint density at radius 3 is 1.17 bits per heavy atom. The molecule has 0 unspecified atom stereocenters. The zero-order valence-electron chi connectivity index (χ0n) is 32.7. The van der Waals surface area contributed by atoms with Crippen LogP contribution in [0.4, 0.5) is 8.78 Å². The molecule has 64 heavy (non-hydrogen) atoms. The molecule has 0 spiro atoms. The topological polar surface area (TPSA) is 111 Å². The summed E-state index contributed by atoms with van der Waals surface area (Å²) in [6, 6.07) is 56.4. The molecule has 15 heteroatoms. The molecule has 312 valence electrons. The minimum atomic E-state index is -2.95. The van der Waals surface area contributed by atoms with Crippen LogP contribution in [0.3, 0.4) is 0 Å². The fourth-order valence-corrected chi connectivity index (χ4v) is 8.11. The summed E-state index contributed by atoms with van der Waals surface area (Å²) in [6.45, 7) is 0. The minimum Gasteiger partial charge on any atom is -0.509 e. The maximum absolute atomic E-state index is 13.6. The summed E-state index contributed by atoms with van der Waals surface area (Å²) in [5.74, 6) is 2.21. The molecule has 0 aliphatic heterocycles. The van der Waals surface area contributed by atoms with Crippen LogP contribution >= 0.6 is 0 Å². The fourth-order valence-electron chi connectivity index (χ4n) is 8.11. The number of hydrogen-bond acceptors (Lipinski definition) is 8. The monoisotopic (exact) mass is 1200 g/mol. The molecule has 0 N–H and O–H groups in total. The molecule has 0 saturated carbocycles. The number of benzene rings is 6. The summed E-state index contributed by atoms with van der Waals surface area (Å²) in [5.41, 5.74) is 4.49. The van der Waals surface area contributed by atoms with Crippen LogP contribution < -0.4 is 9.47 Å².